The van der Waals surface area contributed by atoms with Crippen LogP contribution in [0.15, 0.2) is 18.3 Å². The molecule has 0 unspecified atom stereocenters. The molecule has 3 rings (SSSR count). The molecule has 1 heterocycles. The molecule has 2 aliphatic rings. The number of hydrogen-bond acceptors (Lipinski definition) is 4. The van der Waals surface area contributed by atoms with Crippen molar-refractivity contribution in [1.29, 1.82) is 0 Å². The van der Waals surface area contributed by atoms with Gasteiger partial charge >= 0.3 is 0 Å². The third kappa shape index (κ3) is 3.40. The fraction of sp³-hybridized carbons (Fsp3) is 0.647. The molecule has 0 atom stereocenters. The fourth-order valence-electron chi connectivity index (χ4n) is 3.36. The average Bonchev–Trinajstić information content (AvgIpc) is 3.18. The molecule has 0 aliphatic heterocycles. The summed E-state index contributed by atoms with van der Waals surface area (Å²) < 4.78 is 5.96. The van der Waals surface area contributed by atoms with Crippen molar-refractivity contribution in [3.8, 4) is 5.88 Å². The Morgan fingerprint density at radius 2 is 2.05 bits per heavy atom. The number of carbonyl (C=O) groups is 1. The summed E-state index contributed by atoms with van der Waals surface area (Å²) in [5.74, 6) is 0.328. The molecule has 1 aromatic heterocycles. The molecule has 2 aliphatic carbocycles. The Morgan fingerprint density at radius 3 is 2.77 bits per heavy atom. The number of ether oxygens (including phenoxy) is 1. The zero-order chi connectivity index (χ0) is 15.4. The lowest BCUT2D eigenvalue weighted by Gasteiger charge is -2.21. The van der Waals surface area contributed by atoms with Crippen molar-refractivity contribution in [3.05, 3.63) is 23.9 Å². The standard InChI is InChI=1S/C17H24N2O3/c20-16(17(21)9-3-4-10-17)19-12-13-6-5-11-18-15(13)22-14-7-1-2-8-14/h5-6,11,14,21H,1-4,7-10,12H2,(H,19,20). The molecule has 1 aromatic rings. The van der Waals surface area contributed by atoms with E-state index in [-0.39, 0.29) is 12.0 Å². The minimum atomic E-state index is -1.19. The summed E-state index contributed by atoms with van der Waals surface area (Å²) in [5.41, 5.74) is -0.321. The predicted molar refractivity (Wildman–Crippen MR) is 82.4 cm³/mol. The summed E-state index contributed by atoms with van der Waals surface area (Å²) in [6, 6.07) is 3.75. The van der Waals surface area contributed by atoms with Gasteiger partial charge in [-0.05, 0) is 57.4 Å². The molecular weight excluding hydrogens is 280 g/mol. The topological polar surface area (TPSA) is 71.5 Å². The van der Waals surface area contributed by atoms with Gasteiger partial charge in [-0.25, -0.2) is 4.98 Å². The molecule has 2 saturated carbocycles. The first-order valence-electron chi connectivity index (χ1n) is 8.29. The quantitative estimate of drug-likeness (QED) is 0.876. The number of nitrogens with zero attached hydrogens (tertiary/aromatic N) is 1. The van der Waals surface area contributed by atoms with Crippen LogP contribution in [0.2, 0.25) is 0 Å². The normalized spacial score (nSPS) is 21.0. The second-order valence-corrected chi connectivity index (χ2v) is 6.41. The van der Waals surface area contributed by atoms with Gasteiger partial charge in [0.1, 0.15) is 11.7 Å². The van der Waals surface area contributed by atoms with Gasteiger partial charge in [0.05, 0.1) is 0 Å². The molecule has 0 bridgehead atoms. The number of carbonyl (C=O) groups excluding carboxylic acids is 1. The maximum absolute atomic E-state index is 12.2. The van der Waals surface area contributed by atoms with Crippen LogP contribution in [0.3, 0.4) is 0 Å². The van der Waals surface area contributed by atoms with Gasteiger partial charge in [0.2, 0.25) is 5.88 Å². The number of nitrogens with one attached hydrogen (secondary N) is 1. The molecule has 0 spiro atoms. The van der Waals surface area contributed by atoms with Gasteiger partial charge in [-0.3, -0.25) is 4.79 Å². The van der Waals surface area contributed by atoms with E-state index in [2.05, 4.69) is 10.3 Å². The summed E-state index contributed by atoms with van der Waals surface area (Å²) in [6.45, 7) is 0.344. The molecule has 22 heavy (non-hydrogen) atoms. The van der Waals surface area contributed by atoms with Crippen LogP contribution >= 0.6 is 0 Å². The van der Waals surface area contributed by atoms with Crippen LogP contribution < -0.4 is 10.1 Å². The Morgan fingerprint density at radius 1 is 1.32 bits per heavy atom. The van der Waals surface area contributed by atoms with Crippen LogP contribution in [-0.4, -0.2) is 27.7 Å². The maximum atomic E-state index is 12.2. The van der Waals surface area contributed by atoms with Gasteiger partial charge in [-0.15, -0.1) is 0 Å². The number of rotatable bonds is 5. The Hall–Kier alpha value is -1.62. The molecule has 0 radical (unpaired) electrons. The van der Waals surface area contributed by atoms with Crippen LogP contribution in [0.25, 0.3) is 0 Å². The van der Waals surface area contributed by atoms with E-state index in [1.165, 1.54) is 12.8 Å². The molecular formula is C17H24N2O3. The minimum absolute atomic E-state index is 0.239. The smallest absolute Gasteiger partial charge is 0.252 e. The van der Waals surface area contributed by atoms with Gasteiger partial charge in [0.25, 0.3) is 5.91 Å². The molecule has 2 fully saturated rings. The average molecular weight is 304 g/mol. The molecule has 5 nitrogen and oxygen atoms in total. The number of hydrogen-bond donors (Lipinski definition) is 2. The Bertz CT molecular complexity index is 520. The SMILES string of the molecule is O=C(NCc1cccnc1OC1CCCC1)C1(O)CCCC1. The van der Waals surface area contributed by atoms with Crippen molar-refractivity contribution < 1.29 is 14.6 Å². The van der Waals surface area contributed by atoms with Crippen LogP contribution in [0.1, 0.15) is 56.9 Å². The molecule has 2 N–H and O–H groups in total. The van der Waals surface area contributed by atoms with Crippen molar-refractivity contribution in [2.24, 2.45) is 0 Å². The van der Waals surface area contributed by atoms with E-state index in [1.54, 1.807) is 6.20 Å². The van der Waals surface area contributed by atoms with Crippen molar-refractivity contribution in [3.63, 3.8) is 0 Å². The largest absolute Gasteiger partial charge is 0.474 e. The lowest BCUT2D eigenvalue weighted by Crippen LogP contribution is -2.44. The Balaban J connectivity index is 1.61. The third-order valence-electron chi connectivity index (χ3n) is 4.72. The summed E-state index contributed by atoms with van der Waals surface area (Å²) in [7, 11) is 0. The Kier molecular flexibility index (Phi) is 4.62. The predicted octanol–water partition coefficient (Wildman–Crippen LogP) is 2.32. The lowest BCUT2D eigenvalue weighted by atomic mass is 10.0. The summed E-state index contributed by atoms with van der Waals surface area (Å²) in [4.78, 5) is 16.5. The monoisotopic (exact) mass is 304 g/mol. The maximum Gasteiger partial charge on any atom is 0.252 e. The molecule has 5 heteroatoms. The third-order valence-corrected chi connectivity index (χ3v) is 4.72. The van der Waals surface area contributed by atoms with Gasteiger partial charge in [-0.2, -0.15) is 0 Å². The van der Waals surface area contributed by atoms with E-state index in [0.717, 1.165) is 31.2 Å². The van der Waals surface area contributed by atoms with E-state index in [9.17, 15) is 9.90 Å². The molecule has 0 aromatic carbocycles. The van der Waals surface area contributed by atoms with Crippen LogP contribution in [0.4, 0.5) is 0 Å². The minimum Gasteiger partial charge on any atom is -0.474 e. The zero-order valence-corrected chi connectivity index (χ0v) is 12.9. The van der Waals surface area contributed by atoms with E-state index >= 15 is 0 Å². The van der Waals surface area contributed by atoms with E-state index in [4.69, 9.17) is 4.74 Å². The summed E-state index contributed by atoms with van der Waals surface area (Å²) >= 11 is 0. The lowest BCUT2D eigenvalue weighted by molar-refractivity contribution is -0.139. The van der Waals surface area contributed by atoms with Crippen molar-refractivity contribution in [2.45, 2.75) is 69.6 Å². The zero-order valence-electron chi connectivity index (χ0n) is 12.9. The number of amides is 1. The van der Waals surface area contributed by atoms with Gasteiger partial charge < -0.3 is 15.2 Å². The van der Waals surface area contributed by atoms with Crippen molar-refractivity contribution >= 4 is 5.91 Å². The second kappa shape index (κ2) is 6.65. The highest BCUT2D eigenvalue weighted by Crippen LogP contribution is 2.30. The number of aromatic nitrogens is 1. The van der Waals surface area contributed by atoms with Crippen molar-refractivity contribution in [2.75, 3.05) is 0 Å². The highest BCUT2D eigenvalue weighted by molar-refractivity contribution is 5.85. The van der Waals surface area contributed by atoms with Crippen LogP contribution in [-0.2, 0) is 11.3 Å². The molecule has 0 saturated heterocycles. The highest BCUT2D eigenvalue weighted by Gasteiger charge is 2.38. The number of pyridine rings is 1. The van der Waals surface area contributed by atoms with Gasteiger partial charge in [0, 0.05) is 18.3 Å². The summed E-state index contributed by atoms with van der Waals surface area (Å²) in [5, 5.41) is 13.1. The Labute approximate surface area is 131 Å². The van der Waals surface area contributed by atoms with Gasteiger partial charge in [-0.1, -0.05) is 6.07 Å². The fourth-order valence-corrected chi connectivity index (χ4v) is 3.36. The first-order chi connectivity index (χ1) is 10.7. The number of aliphatic hydroxyl groups is 1. The van der Waals surface area contributed by atoms with E-state index < -0.39 is 5.60 Å². The highest BCUT2D eigenvalue weighted by atomic mass is 16.5. The molecule has 120 valence electrons. The van der Waals surface area contributed by atoms with Crippen molar-refractivity contribution in [1.82, 2.24) is 10.3 Å². The first-order valence-corrected chi connectivity index (χ1v) is 8.29. The summed E-state index contributed by atoms with van der Waals surface area (Å²) in [6.07, 6.45) is 9.43. The first kappa shape index (κ1) is 15.3. The van der Waals surface area contributed by atoms with Crippen LogP contribution in [0, 0.1) is 0 Å². The molecule has 1 amide bonds. The van der Waals surface area contributed by atoms with Gasteiger partial charge in [0.15, 0.2) is 0 Å². The van der Waals surface area contributed by atoms with E-state index in [1.807, 2.05) is 12.1 Å². The van der Waals surface area contributed by atoms with E-state index in [0.29, 0.717) is 25.3 Å². The second-order valence-electron chi connectivity index (χ2n) is 6.41. The van der Waals surface area contributed by atoms with Crippen LogP contribution in [0.5, 0.6) is 5.88 Å².